The maximum Gasteiger partial charge on any atom is 0.147 e. The average molecular weight is 200 g/mol. The van der Waals surface area contributed by atoms with E-state index in [1.54, 1.807) is 36.9 Å². The van der Waals surface area contributed by atoms with Gasteiger partial charge in [-0.2, -0.15) is 0 Å². The smallest absolute Gasteiger partial charge is 0.147 e. The zero-order valence-electron chi connectivity index (χ0n) is 6.79. The molecule has 4 heteroatoms. The molecule has 2 aromatic heterocycles. The first-order valence-corrected chi connectivity index (χ1v) is 5.19. The number of methoxy groups -OCH3 is 2. The molecule has 0 saturated heterocycles. The molecule has 2 aromatic rings. The van der Waals surface area contributed by atoms with Crippen LogP contribution in [0.2, 0.25) is 0 Å². The SMILES string of the molecule is COc1csc2c(OC)csc12. The molecule has 2 rings (SSSR count). The average Bonchev–Trinajstić information content (AvgIpc) is 2.62. The molecule has 0 aromatic carbocycles. The minimum atomic E-state index is 0.948. The van der Waals surface area contributed by atoms with Crippen LogP contribution in [-0.2, 0) is 0 Å². The second kappa shape index (κ2) is 2.95. The van der Waals surface area contributed by atoms with Crippen molar-refractivity contribution in [1.29, 1.82) is 0 Å². The fourth-order valence-electron chi connectivity index (χ4n) is 1.06. The molecule has 0 aliphatic heterocycles. The monoisotopic (exact) mass is 200 g/mol. The van der Waals surface area contributed by atoms with Crippen molar-refractivity contribution >= 4 is 32.1 Å². The lowest BCUT2D eigenvalue weighted by atomic mass is 10.5. The van der Waals surface area contributed by atoms with Crippen LogP contribution in [0.3, 0.4) is 0 Å². The van der Waals surface area contributed by atoms with Gasteiger partial charge in [0.15, 0.2) is 0 Å². The van der Waals surface area contributed by atoms with E-state index < -0.39 is 0 Å². The molecule has 0 radical (unpaired) electrons. The molecule has 0 amide bonds. The molecule has 0 aliphatic carbocycles. The highest BCUT2D eigenvalue weighted by Crippen LogP contribution is 2.42. The van der Waals surface area contributed by atoms with Gasteiger partial charge >= 0.3 is 0 Å². The highest BCUT2D eigenvalue weighted by molar-refractivity contribution is 7.27. The van der Waals surface area contributed by atoms with Gasteiger partial charge in [0.25, 0.3) is 0 Å². The summed E-state index contributed by atoms with van der Waals surface area (Å²) in [5.41, 5.74) is 0. The van der Waals surface area contributed by atoms with Crippen molar-refractivity contribution in [2.75, 3.05) is 14.2 Å². The third-order valence-electron chi connectivity index (χ3n) is 1.66. The summed E-state index contributed by atoms with van der Waals surface area (Å²) in [7, 11) is 3.38. The van der Waals surface area contributed by atoms with E-state index in [1.165, 1.54) is 9.40 Å². The van der Waals surface area contributed by atoms with Gasteiger partial charge in [-0.05, 0) is 0 Å². The summed E-state index contributed by atoms with van der Waals surface area (Å²) < 4.78 is 12.7. The molecule has 64 valence electrons. The van der Waals surface area contributed by atoms with Gasteiger partial charge in [-0.25, -0.2) is 0 Å². The molecule has 0 N–H and O–H groups in total. The van der Waals surface area contributed by atoms with Crippen LogP contribution in [0.15, 0.2) is 10.8 Å². The molecule has 12 heavy (non-hydrogen) atoms. The Bertz CT molecular complexity index is 351. The van der Waals surface area contributed by atoms with Gasteiger partial charge in [-0.15, -0.1) is 22.7 Å². The highest BCUT2D eigenvalue weighted by Gasteiger charge is 2.10. The van der Waals surface area contributed by atoms with Crippen molar-refractivity contribution < 1.29 is 9.47 Å². The zero-order valence-corrected chi connectivity index (χ0v) is 8.42. The van der Waals surface area contributed by atoms with Gasteiger partial charge in [0.1, 0.15) is 11.5 Å². The number of ether oxygens (including phenoxy) is 2. The fourth-order valence-corrected chi connectivity index (χ4v) is 3.31. The predicted octanol–water partition coefficient (Wildman–Crippen LogP) is 2.98. The quantitative estimate of drug-likeness (QED) is 0.742. The van der Waals surface area contributed by atoms with Gasteiger partial charge < -0.3 is 9.47 Å². The van der Waals surface area contributed by atoms with E-state index in [9.17, 15) is 0 Å². The Kier molecular flexibility index (Phi) is 1.94. The van der Waals surface area contributed by atoms with Crippen molar-refractivity contribution in [3.63, 3.8) is 0 Å². The van der Waals surface area contributed by atoms with E-state index in [2.05, 4.69) is 0 Å². The zero-order chi connectivity index (χ0) is 8.55. The minimum absolute atomic E-state index is 0.948. The largest absolute Gasteiger partial charge is 0.494 e. The Morgan fingerprint density at radius 3 is 1.67 bits per heavy atom. The lowest BCUT2D eigenvalue weighted by molar-refractivity contribution is 0.420. The Morgan fingerprint density at radius 1 is 0.917 bits per heavy atom. The lowest BCUT2D eigenvalue weighted by Crippen LogP contribution is -1.77. The van der Waals surface area contributed by atoms with Gasteiger partial charge in [-0.1, -0.05) is 0 Å². The van der Waals surface area contributed by atoms with E-state index in [1.807, 2.05) is 10.8 Å². The Balaban J connectivity index is 2.66. The van der Waals surface area contributed by atoms with Crippen LogP contribution in [0.1, 0.15) is 0 Å². The number of hydrogen-bond acceptors (Lipinski definition) is 4. The molecule has 0 atom stereocenters. The van der Waals surface area contributed by atoms with E-state index in [0.717, 1.165) is 11.5 Å². The van der Waals surface area contributed by atoms with Crippen molar-refractivity contribution in [3.8, 4) is 11.5 Å². The Morgan fingerprint density at radius 2 is 1.33 bits per heavy atom. The first kappa shape index (κ1) is 7.89. The number of fused-ring (bicyclic) bond motifs is 1. The molecule has 0 fully saturated rings. The van der Waals surface area contributed by atoms with Crippen LogP contribution in [-0.4, -0.2) is 14.2 Å². The van der Waals surface area contributed by atoms with Gasteiger partial charge in [0.05, 0.1) is 23.6 Å². The number of thiophene rings is 2. The van der Waals surface area contributed by atoms with Crippen molar-refractivity contribution in [2.24, 2.45) is 0 Å². The summed E-state index contributed by atoms with van der Waals surface area (Å²) >= 11 is 3.31. The van der Waals surface area contributed by atoms with Crippen molar-refractivity contribution in [3.05, 3.63) is 10.8 Å². The highest BCUT2D eigenvalue weighted by atomic mass is 32.1. The van der Waals surface area contributed by atoms with Crippen molar-refractivity contribution in [2.45, 2.75) is 0 Å². The molecule has 0 saturated carbocycles. The summed E-state index contributed by atoms with van der Waals surface area (Å²) in [5, 5.41) is 4.01. The summed E-state index contributed by atoms with van der Waals surface area (Å²) in [4.78, 5) is 0. The summed E-state index contributed by atoms with van der Waals surface area (Å²) in [6.07, 6.45) is 0. The second-order valence-corrected chi connectivity index (χ2v) is 4.03. The Hall–Kier alpha value is -0.740. The maximum absolute atomic E-state index is 5.19. The van der Waals surface area contributed by atoms with Crippen LogP contribution < -0.4 is 9.47 Å². The van der Waals surface area contributed by atoms with Gasteiger partial charge in [-0.3, -0.25) is 0 Å². The molecule has 2 heterocycles. The first-order chi connectivity index (χ1) is 5.86. The minimum Gasteiger partial charge on any atom is -0.494 e. The molecule has 0 aliphatic rings. The fraction of sp³-hybridized carbons (Fsp3) is 0.250. The lowest BCUT2D eigenvalue weighted by Gasteiger charge is -1.91. The summed E-state index contributed by atoms with van der Waals surface area (Å²) in [6.45, 7) is 0. The standard InChI is InChI=1S/C8H8O2S2/c1-9-5-3-11-8-6(10-2)4-12-7(5)8/h3-4H,1-2H3. The normalized spacial score (nSPS) is 10.5. The third-order valence-corrected chi connectivity index (χ3v) is 3.74. The van der Waals surface area contributed by atoms with Crippen LogP contribution in [0.4, 0.5) is 0 Å². The molecular formula is C8H8O2S2. The number of rotatable bonds is 2. The van der Waals surface area contributed by atoms with Crippen LogP contribution in [0.5, 0.6) is 11.5 Å². The summed E-state index contributed by atoms with van der Waals surface area (Å²) in [6, 6.07) is 0. The topological polar surface area (TPSA) is 18.5 Å². The molecule has 0 unspecified atom stereocenters. The maximum atomic E-state index is 5.19. The molecule has 0 spiro atoms. The first-order valence-electron chi connectivity index (χ1n) is 3.43. The predicted molar refractivity (Wildman–Crippen MR) is 52.8 cm³/mol. The van der Waals surface area contributed by atoms with Crippen LogP contribution in [0, 0.1) is 0 Å². The molecule has 0 bridgehead atoms. The third kappa shape index (κ3) is 0.990. The second-order valence-electron chi connectivity index (χ2n) is 2.27. The Labute approximate surface area is 78.4 Å². The van der Waals surface area contributed by atoms with Gasteiger partial charge in [0.2, 0.25) is 0 Å². The number of hydrogen-bond donors (Lipinski definition) is 0. The van der Waals surface area contributed by atoms with E-state index in [0.29, 0.717) is 0 Å². The van der Waals surface area contributed by atoms with Gasteiger partial charge in [0, 0.05) is 10.8 Å². The van der Waals surface area contributed by atoms with Crippen LogP contribution >= 0.6 is 22.7 Å². The molecular weight excluding hydrogens is 192 g/mol. The molecule has 2 nitrogen and oxygen atoms in total. The van der Waals surface area contributed by atoms with Crippen LogP contribution in [0.25, 0.3) is 9.40 Å². The van der Waals surface area contributed by atoms with Crippen molar-refractivity contribution in [1.82, 2.24) is 0 Å². The summed E-state index contributed by atoms with van der Waals surface area (Å²) in [5.74, 6) is 1.90. The van der Waals surface area contributed by atoms with E-state index >= 15 is 0 Å². The van der Waals surface area contributed by atoms with E-state index in [-0.39, 0.29) is 0 Å². The van der Waals surface area contributed by atoms with E-state index in [4.69, 9.17) is 9.47 Å².